The molecule has 64 valence electrons. The molecule has 0 bridgehead atoms. The first-order valence-corrected chi connectivity index (χ1v) is 3.39. The summed E-state index contributed by atoms with van der Waals surface area (Å²) in [4.78, 5) is 23.8. The van der Waals surface area contributed by atoms with Crippen molar-refractivity contribution in [1.29, 1.82) is 0 Å². The number of carbonyl (C=O) groups excluding carboxylic acids is 2. The van der Waals surface area contributed by atoms with Gasteiger partial charge in [-0.05, 0) is 13.0 Å². The number of aromatic nitrogens is 1. The summed E-state index contributed by atoms with van der Waals surface area (Å²) in [6, 6.07) is 1.64. The van der Waals surface area contributed by atoms with Crippen molar-refractivity contribution in [3.63, 3.8) is 0 Å². The smallest absolute Gasteiger partial charge is 0.271 e. The SMILES string of the molecule is Cc1[nH]ccc1C(=O)NNC=O. The maximum Gasteiger partial charge on any atom is 0.271 e. The molecule has 0 atom stereocenters. The van der Waals surface area contributed by atoms with Gasteiger partial charge in [-0.15, -0.1) is 0 Å². The van der Waals surface area contributed by atoms with E-state index in [1.165, 1.54) is 0 Å². The first-order valence-electron chi connectivity index (χ1n) is 3.39. The lowest BCUT2D eigenvalue weighted by atomic mass is 10.2. The highest BCUT2D eigenvalue weighted by atomic mass is 16.2. The quantitative estimate of drug-likeness (QED) is 0.427. The summed E-state index contributed by atoms with van der Waals surface area (Å²) in [6.07, 6.45) is 2.06. The third-order valence-corrected chi connectivity index (χ3v) is 1.44. The first-order chi connectivity index (χ1) is 5.75. The number of aryl methyl sites for hydroxylation is 1. The number of nitrogens with one attached hydrogen (secondary N) is 3. The molecule has 1 aromatic heterocycles. The molecular weight excluding hydrogens is 158 g/mol. The Morgan fingerprint density at radius 3 is 2.92 bits per heavy atom. The van der Waals surface area contributed by atoms with Gasteiger partial charge >= 0.3 is 0 Å². The monoisotopic (exact) mass is 167 g/mol. The molecule has 0 radical (unpaired) electrons. The Labute approximate surface area is 69.1 Å². The number of amides is 2. The van der Waals surface area contributed by atoms with E-state index in [0.29, 0.717) is 12.0 Å². The molecule has 1 aromatic rings. The van der Waals surface area contributed by atoms with Crippen LogP contribution in [0.2, 0.25) is 0 Å². The second kappa shape index (κ2) is 3.56. The van der Waals surface area contributed by atoms with E-state index in [9.17, 15) is 9.59 Å². The lowest BCUT2D eigenvalue weighted by molar-refractivity contribution is -0.110. The fourth-order valence-electron chi connectivity index (χ4n) is 0.861. The van der Waals surface area contributed by atoms with E-state index in [4.69, 9.17) is 0 Å². The fraction of sp³-hybridized carbons (Fsp3) is 0.143. The van der Waals surface area contributed by atoms with Crippen LogP contribution in [0.15, 0.2) is 12.3 Å². The Morgan fingerprint density at radius 1 is 1.67 bits per heavy atom. The number of hydrogen-bond acceptors (Lipinski definition) is 2. The third kappa shape index (κ3) is 1.63. The van der Waals surface area contributed by atoms with Gasteiger partial charge in [0.1, 0.15) is 0 Å². The van der Waals surface area contributed by atoms with Crippen molar-refractivity contribution < 1.29 is 9.59 Å². The van der Waals surface area contributed by atoms with Gasteiger partial charge in [-0.1, -0.05) is 0 Å². The molecule has 0 aliphatic rings. The molecule has 0 unspecified atom stereocenters. The van der Waals surface area contributed by atoms with E-state index in [1.54, 1.807) is 19.2 Å². The van der Waals surface area contributed by atoms with Gasteiger partial charge in [0, 0.05) is 11.9 Å². The highest BCUT2D eigenvalue weighted by molar-refractivity contribution is 5.95. The van der Waals surface area contributed by atoms with Crippen molar-refractivity contribution in [1.82, 2.24) is 15.8 Å². The zero-order chi connectivity index (χ0) is 8.97. The van der Waals surface area contributed by atoms with Crippen LogP contribution >= 0.6 is 0 Å². The average Bonchev–Trinajstić information content (AvgIpc) is 2.47. The van der Waals surface area contributed by atoms with E-state index in [0.717, 1.165) is 5.69 Å². The summed E-state index contributed by atoms with van der Waals surface area (Å²) >= 11 is 0. The van der Waals surface area contributed by atoms with Crippen molar-refractivity contribution >= 4 is 12.3 Å². The largest absolute Gasteiger partial charge is 0.365 e. The van der Waals surface area contributed by atoms with E-state index in [1.807, 2.05) is 0 Å². The highest BCUT2D eigenvalue weighted by Gasteiger charge is 2.07. The molecule has 2 amide bonds. The predicted octanol–water partition coefficient (Wildman–Crippen LogP) is -0.286. The Morgan fingerprint density at radius 2 is 2.42 bits per heavy atom. The maximum atomic E-state index is 11.1. The third-order valence-electron chi connectivity index (χ3n) is 1.44. The molecule has 0 aliphatic heterocycles. The minimum atomic E-state index is -0.333. The van der Waals surface area contributed by atoms with Crippen LogP contribution in [-0.4, -0.2) is 17.3 Å². The van der Waals surface area contributed by atoms with Gasteiger partial charge in [-0.25, -0.2) is 0 Å². The molecule has 0 saturated heterocycles. The van der Waals surface area contributed by atoms with E-state index in [-0.39, 0.29) is 5.91 Å². The van der Waals surface area contributed by atoms with E-state index in [2.05, 4.69) is 15.8 Å². The van der Waals surface area contributed by atoms with Gasteiger partial charge in [0.25, 0.3) is 5.91 Å². The van der Waals surface area contributed by atoms with Crippen LogP contribution in [0.3, 0.4) is 0 Å². The number of aromatic amines is 1. The summed E-state index contributed by atoms with van der Waals surface area (Å²) in [5, 5.41) is 0. The summed E-state index contributed by atoms with van der Waals surface area (Å²) in [5.41, 5.74) is 5.55. The first kappa shape index (κ1) is 8.32. The number of carbonyl (C=O) groups is 2. The number of rotatable bonds is 3. The van der Waals surface area contributed by atoms with Crippen LogP contribution in [0.25, 0.3) is 0 Å². The van der Waals surface area contributed by atoms with E-state index >= 15 is 0 Å². The molecule has 0 aliphatic carbocycles. The van der Waals surface area contributed by atoms with Crippen LogP contribution in [-0.2, 0) is 4.79 Å². The van der Waals surface area contributed by atoms with Crippen LogP contribution in [0.1, 0.15) is 16.1 Å². The normalized spacial score (nSPS) is 9.08. The minimum Gasteiger partial charge on any atom is -0.365 e. The van der Waals surface area contributed by atoms with E-state index < -0.39 is 0 Å². The van der Waals surface area contributed by atoms with Crippen molar-refractivity contribution in [3.05, 3.63) is 23.5 Å². The average molecular weight is 167 g/mol. The zero-order valence-electron chi connectivity index (χ0n) is 6.55. The Balaban J connectivity index is 2.65. The molecule has 5 heteroatoms. The molecule has 3 N–H and O–H groups in total. The molecular formula is C7H9N3O2. The van der Waals surface area contributed by atoms with Crippen LogP contribution in [0, 0.1) is 6.92 Å². The summed E-state index contributed by atoms with van der Waals surface area (Å²) in [7, 11) is 0. The second-order valence-corrected chi connectivity index (χ2v) is 2.23. The van der Waals surface area contributed by atoms with Crippen molar-refractivity contribution in [3.8, 4) is 0 Å². The van der Waals surface area contributed by atoms with Gasteiger partial charge in [0.05, 0.1) is 5.56 Å². The molecule has 0 spiro atoms. The topological polar surface area (TPSA) is 74.0 Å². The number of H-pyrrole nitrogens is 1. The minimum absolute atomic E-state index is 0.333. The Kier molecular flexibility index (Phi) is 2.47. The van der Waals surface area contributed by atoms with Crippen LogP contribution in [0.5, 0.6) is 0 Å². The van der Waals surface area contributed by atoms with Gasteiger partial charge in [0.2, 0.25) is 6.41 Å². The van der Waals surface area contributed by atoms with Gasteiger partial charge < -0.3 is 4.98 Å². The lowest BCUT2D eigenvalue weighted by Crippen LogP contribution is -2.36. The summed E-state index contributed by atoms with van der Waals surface area (Å²) < 4.78 is 0. The molecule has 1 heterocycles. The Hall–Kier alpha value is -1.78. The second-order valence-electron chi connectivity index (χ2n) is 2.23. The molecule has 0 fully saturated rings. The van der Waals surface area contributed by atoms with Crippen molar-refractivity contribution in [2.75, 3.05) is 0 Å². The lowest BCUT2D eigenvalue weighted by Gasteiger charge is -2.00. The summed E-state index contributed by atoms with van der Waals surface area (Å²) in [5.74, 6) is -0.333. The van der Waals surface area contributed by atoms with Crippen LogP contribution in [0.4, 0.5) is 0 Å². The summed E-state index contributed by atoms with van der Waals surface area (Å²) in [6.45, 7) is 1.77. The molecule has 12 heavy (non-hydrogen) atoms. The van der Waals surface area contributed by atoms with Gasteiger partial charge in [-0.2, -0.15) is 0 Å². The predicted molar refractivity (Wildman–Crippen MR) is 42.2 cm³/mol. The van der Waals surface area contributed by atoms with Crippen LogP contribution < -0.4 is 10.9 Å². The van der Waals surface area contributed by atoms with Gasteiger partial charge in [0.15, 0.2) is 0 Å². The maximum absolute atomic E-state index is 11.1. The van der Waals surface area contributed by atoms with Gasteiger partial charge in [-0.3, -0.25) is 20.4 Å². The van der Waals surface area contributed by atoms with Crippen molar-refractivity contribution in [2.24, 2.45) is 0 Å². The molecule has 1 rings (SSSR count). The molecule has 0 aromatic carbocycles. The fourth-order valence-corrected chi connectivity index (χ4v) is 0.861. The van der Waals surface area contributed by atoms with Crippen molar-refractivity contribution in [2.45, 2.75) is 6.92 Å². The highest BCUT2D eigenvalue weighted by Crippen LogP contribution is 2.03. The standard InChI is InChI=1S/C7H9N3O2/c1-5-6(2-3-8-5)7(12)10-9-4-11/h2-4,8H,1H3,(H,9,11)(H,10,12). The molecule has 5 nitrogen and oxygen atoms in total. The Bertz CT molecular complexity index is 293. The zero-order valence-corrected chi connectivity index (χ0v) is 6.55. The number of hydrogen-bond donors (Lipinski definition) is 3. The molecule has 0 saturated carbocycles. The number of hydrazine groups is 1.